The first-order valence-electron chi connectivity index (χ1n) is 5.32. The largest absolute Gasteiger partial charge is 0.395 e. The molecule has 0 aliphatic carbocycles. The Morgan fingerprint density at radius 3 is 2.53 bits per heavy atom. The SMILES string of the molecule is Cc1ccc(NC(=O)C(=O)NCCO)c(C)c1. The van der Waals surface area contributed by atoms with Gasteiger partial charge in [0.25, 0.3) is 0 Å². The van der Waals surface area contributed by atoms with Crippen molar-refractivity contribution in [3.8, 4) is 0 Å². The Labute approximate surface area is 99.8 Å². The second-order valence-corrected chi connectivity index (χ2v) is 3.75. The predicted octanol–water partition coefficient (Wildman–Crippen LogP) is 0.350. The monoisotopic (exact) mass is 236 g/mol. The van der Waals surface area contributed by atoms with Gasteiger partial charge in [-0.15, -0.1) is 0 Å². The number of nitrogens with one attached hydrogen (secondary N) is 2. The van der Waals surface area contributed by atoms with Crippen molar-refractivity contribution in [3.05, 3.63) is 29.3 Å². The van der Waals surface area contributed by atoms with Gasteiger partial charge >= 0.3 is 11.8 Å². The third-order valence-electron chi connectivity index (χ3n) is 2.23. The van der Waals surface area contributed by atoms with Crippen LogP contribution < -0.4 is 10.6 Å². The molecule has 0 saturated heterocycles. The fourth-order valence-corrected chi connectivity index (χ4v) is 1.38. The van der Waals surface area contributed by atoms with Crippen molar-refractivity contribution < 1.29 is 14.7 Å². The third-order valence-corrected chi connectivity index (χ3v) is 2.23. The van der Waals surface area contributed by atoms with Gasteiger partial charge < -0.3 is 15.7 Å². The molecule has 0 atom stereocenters. The molecule has 5 heteroatoms. The van der Waals surface area contributed by atoms with E-state index < -0.39 is 11.8 Å². The van der Waals surface area contributed by atoms with Crippen molar-refractivity contribution in [2.24, 2.45) is 0 Å². The number of amides is 2. The van der Waals surface area contributed by atoms with E-state index in [4.69, 9.17) is 5.11 Å². The molecule has 0 radical (unpaired) electrons. The van der Waals surface area contributed by atoms with Crippen LogP contribution in [0, 0.1) is 13.8 Å². The molecule has 0 aliphatic heterocycles. The van der Waals surface area contributed by atoms with Gasteiger partial charge in [0.2, 0.25) is 0 Å². The molecule has 92 valence electrons. The molecule has 0 bridgehead atoms. The van der Waals surface area contributed by atoms with Crippen molar-refractivity contribution in [1.29, 1.82) is 0 Å². The maximum absolute atomic E-state index is 11.5. The highest BCUT2D eigenvalue weighted by molar-refractivity contribution is 6.39. The molecule has 17 heavy (non-hydrogen) atoms. The Bertz CT molecular complexity index is 430. The fraction of sp³-hybridized carbons (Fsp3) is 0.333. The number of hydrogen-bond acceptors (Lipinski definition) is 3. The van der Waals surface area contributed by atoms with E-state index >= 15 is 0 Å². The number of anilines is 1. The van der Waals surface area contributed by atoms with Crippen LogP contribution in [0.1, 0.15) is 11.1 Å². The molecule has 1 aromatic rings. The first kappa shape index (κ1) is 13.2. The summed E-state index contributed by atoms with van der Waals surface area (Å²) in [5.74, 6) is -1.48. The maximum atomic E-state index is 11.5. The first-order chi connectivity index (χ1) is 8.04. The Balaban J connectivity index is 2.64. The van der Waals surface area contributed by atoms with Crippen LogP contribution in [0.2, 0.25) is 0 Å². The van der Waals surface area contributed by atoms with E-state index in [0.717, 1.165) is 11.1 Å². The summed E-state index contributed by atoms with van der Waals surface area (Å²) in [6, 6.07) is 5.53. The number of carbonyl (C=O) groups is 2. The first-order valence-corrected chi connectivity index (χ1v) is 5.32. The zero-order chi connectivity index (χ0) is 12.8. The van der Waals surface area contributed by atoms with Crippen molar-refractivity contribution in [3.63, 3.8) is 0 Å². The molecule has 1 rings (SSSR count). The maximum Gasteiger partial charge on any atom is 0.313 e. The van der Waals surface area contributed by atoms with Crippen LogP contribution >= 0.6 is 0 Å². The molecule has 2 amide bonds. The van der Waals surface area contributed by atoms with Crippen LogP contribution in [-0.2, 0) is 9.59 Å². The summed E-state index contributed by atoms with van der Waals surface area (Å²) in [4.78, 5) is 22.7. The fourth-order valence-electron chi connectivity index (χ4n) is 1.38. The molecule has 0 aliphatic rings. The predicted molar refractivity (Wildman–Crippen MR) is 64.6 cm³/mol. The van der Waals surface area contributed by atoms with Crippen LogP contribution in [0.5, 0.6) is 0 Å². The third kappa shape index (κ3) is 3.88. The second kappa shape index (κ2) is 6.00. The Kier molecular flexibility index (Phi) is 4.66. The number of aliphatic hydroxyl groups is 1. The lowest BCUT2D eigenvalue weighted by Gasteiger charge is -2.08. The van der Waals surface area contributed by atoms with E-state index in [1.807, 2.05) is 26.0 Å². The Morgan fingerprint density at radius 1 is 1.24 bits per heavy atom. The molecule has 1 aromatic carbocycles. The summed E-state index contributed by atoms with van der Waals surface area (Å²) in [6.45, 7) is 3.68. The number of rotatable bonds is 3. The van der Waals surface area contributed by atoms with Gasteiger partial charge in [-0.3, -0.25) is 9.59 Å². The van der Waals surface area contributed by atoms with Gasteiger partial charge in [0.05, 0.1) is 6.61 Å². The minimum atomic E-state index is -0.751. The Hall–Kier alpha value is -1.88. The number of carbonyl (C=O) groups excluding carboxylic acids is 2. The van der Waals surface area contributed by atoms with Gasteiger partial charge in [0, 0.05) is 12.2 Å². The van der Waals surface area contributed by atoms with E-state index in [9.17, 15) is 9.59 Å². The van der Waals surface area contributed by atoms with Gasteiger partial charge in [-0.2, -0.15) is 0 Å². The highest BCUT2D eigenvalue weighted by atomic mass is 16.3. The van der Waals surface area contributed by atoms with Gasteiger partial charge in [0.1, 0.15) is 0 Å². The second-order valence-electron chi connectivity index (χ2n) is 3.75. The number of aliphatic hydroxyl groups excluding tert-OH is 1. The van der Waals surface area contributed by atoms with E-state index in [1.165, 1.54) is 0 Å². The zero-order valence-electron chi connectivity index (χ0n) is 9.91. The van der Waals surface area contributed by atoms with E-state index in [2.05, 4.69) is 10.6 Å². The van der Waals surface area contributed by atoms with Crippen LogP contribution in [0.4, 0.5) is 5.69 Å². The van der Waals surface area contributed by atoms with E-state index in [1.54, 1.807) is 6.07 Å². The molecule has 0 heterocycles. The lowest BCUT2D eigenvalue weighted by Crippen LogP contribution is -2.36. The minimum Gasteiger partial charge on any atom is -0.395 e. The molecular formula is C12H16N2O3. The highest BCUT2D eigenvalue weighted by Gasteiger charge is 2.13. The topological polar surface area (TPSA) is 78.4 Å². The average Bonchev–Trinajstić information content (AvgIpc) is 2.29. The molecule has 0 unspecified atom stereocenters. The van der Waals surface area contributed by atoms with Crippen molar-refractivity contribution in [1.82, 2.24) is 5.32 Å². The quantitative estimate of drug-likeness (QED) is 0.663. The highest BCUT2D eigenvalue weighted by Crippen LogP contribution is 2.15. The average molecular weight is 236 g/mol. The van der Waals surface area contributed by atoms with Crippen molar-refractivity contribution in [2.45, 2.75) is 13.8 Å². The van der Waals surface area contributed by atoms with Gasteiger partial charge in [0.15, 0.2) is 0 Å². The summed E-state index contributed by atoms with van der Waals surface area (Å²) in [5.41, 5.74) is 2.60. The molecule has 0 saturated carbocycles. The van der Waals surface area contributed by atoms with Crippen molar-refractivity contribution in [2.75, 3.05) is 18.5 Å². The van der Waals surface area contributed by atoms with E-state index in [0.29, 0.717) is 5.69 Å². The van der Waals surface area contributed by atoms with Crippen LogP contribution in [0.25, 0.3) is 0 Å². The zero-order valence-corrected chi connectivity index (χ0v) is 9.91. The van der Waals surface area contributed by atoms with E-state index in [-0.39, 0.29) is 13.2 Å². The smallest absolute Gasteiger partial charge is 0.313 e. The van der Waals surface area contributed by atoms with Gasteiger partial charge in [-0.25, -0.2) is 0 Å². The van der Waals surface area contributed by atoms with Crippen LogP contribution in [-0.4, -0.2) is 30.1 Å². The molecule has 5 nitrogen and oxygen atoms in total. The van der Waals surface area contributed by atoms with Crippen LogP contribution in [0.3, 0.4) is 0 Å². The summed E-state index contributed by atoms with van der Waals surface area (Å²) < 4.78 is 0. The standard InChI is InChI=1S/C12H16N2O3/c1-8-3-4-10(9(2)7-8)14-12(17)11(16)13-5-6-15/h3-4,7,15H,5-6H2,1-2H3,(H,13,16)(H,14,17). The number of hydrogen-bond donors (Lipinski definition) is 3. The molecule has 0 fully saturated rings. The minimum absolute atomic E-state index is 0.0686. The number of benzene rings is 1. The molecular weight excluding hydrogens is 220 g/mol. The normalized spacial score (nSPS) is 9.82. The molecule has 0 spiro atoms. The lowest BCUT2D eigenvalue weighted by molar-refractivity contribution is -0.136. The molecule has 0 aromatic heterocycles. The lowest BCUT2D eigenvalue weighted by atomic mass is 10.1. The Morgan fingerprint density at radius 2 is 1.94 bits per heavy atom. The summed E-state index contributed by atoms with van der Waals surface area (Å²) in [5, 5.41) is 13.3. The van der Waals surface area contributed by atoms with Gasteiger partial charge in [-0.05, 0) is 25.5 Å². The summed E-state index contributed by atoms with van der Waals surface area (Å²) in [7, 11) is 0. The molecule has 3 N–H and O–H groups in total. The van der Waals surface area contributed by atoms with Crippen LogP contribution in [0.15, 0.2) is 18.2 Å². The summed E-state index contributed by atoms with van der Waals surface area (Å²) >= 11 is 0. The summed E-state index contributed by atoms with van der Waals surface area (Å²) in [6.07, 6.45) is 0. The van der Waals surface area contributed by atoms with Crippen molar-refractivity contribution >= 4 is 17.5 Å². The van der Waals surface area contributed by atoms with Gasteiger partial charge in [-0.1, -0.05) is 17.7 Å². The number of aryl methyl sites for hydroxylation is 2.